The molecule has 136 valence electrons. The first kappa shape index (κ1) is 19.7. The molecule has 1 rings (SSSR count). The van der Waals surface area contributed by atoms with Crippen molar-refractivity contribution in [2.24, 2.45) is 0 Å². The number of carbonyl (C=O) groups excluding carboxylic acids is 1. The third-order valence-corrected chi connectivity index (χ3v) is 2.72. The van der Waals surface area contributed by atoms with Crippen molar-refractivity contribution in [3.05, 3.63) is 17.7 Å². The second-order valence-electron chi connectivity index (χ2n) is 4.28. The van der Waals surface area contributed by atoms with Gasteiger partial charge in [0, 0.05) is 0 Å². The highest BCUT2D eigenvalue weighted by molar-refractivity contribution is 5.91. The number of alkyl halides is 6. The second kappa shape index (κ2) is 7.05. The van der Waals surface area contributed by atoms with E-state index in [-0.39, 0.29) is 17.2 Å². The average molecular weight is 362 g/mol. The van der Waals surface area contributed by atoms with E-state index in [0.717, 1.165) is 26.4 Å². The molecular formula is C13H12F6O5. The Morgan fingerprint density at radius 2 is 1.29 bits per heavy atom. The molecule has 0 radical (unpaired) electrons. The molecule has 5 nitrogen and oxygen atoms in total. The molecular weight excluding hydrogens is 350 g/mol. The summed E-state index contributed by atoms with van der Waals surface area (Å²) >= 11 is 0. The Hall–Kier alpha value is -2.33. The van der Waals surface area contributed by atoms with Crippen molar-refractivity contribution in [3.63, 3.8) is 0 Å². The van der Waals surface area contributed by atoms with Crippen molar-refractivity contribution >= 4 is 5.97 Å². The Kier molecular flexibility index (Phi) is 5.80. The summed E-state index contributed by atoms with van der Waals surface area (Å²) in [6.45, 7) is 0. The predicted molar refractivity (Wildman–Crippen MR) is 67.4 cm³/mol. The van der Waals surface area contributed by atoms with Crippen LogP contribution in [0.15, 0.2) is 12.1 Å². The molecule has 0 bridgehead atoms. The predicted octanol–water partition coefficient (Wildman–Crippen LogP) is 3.36. The molecule has 0 heterocycles. The van der Waals surface area contributed by atoms with Crippen LogP contribution in [0.5, 0.6) is 17.2 Å². The standard InChI is InChI=1S/C13H12F6O5/c1-21-7-4-6(5-8(22-2)9(7)23-3)10(20)24-11(12(14,15)16)13(17,18)19/h4-5,11H,1-3H3. The molecule has 0 atom stereocenters. The highest BCUT2D eigenvalue weighted by Crippen LogP contribution is 2.40. The largest absolute Gasteiger partial charge is 0.493 e. The Morgan fingerprint density at radius 1 is 0.875 bits per heavy atom. The van der Waals surface area contributed by atoms with E-state index in [1.165, 1.54) is 7.11 Å². The van der Waals surface area contributed by atoms with Crippen LogP contribution in [0.2, 0.25) is 0 Å². The first-order valence-corrected chi connectivity index (χ1v) is 6.10. The number of halogens is 6. The quantitative estimate of drug-likeness (QED) is 0.594. The zero-order valence-corrected chi connectivity index (χ0v) is 12.5. The van der Waals surface area contributed by atoms with Crippen LogP contribution in [0, 0.1) is 0 Å². The van der Waals surface area contributed by atoms with Gasteiger partial charge in [-0.2, -0.15) is 26.3 Å². The van der Waals surface area contributed by atoms with E-state index >= 15 is 0 Å². The van der Waals surface area contributed by atoms with Gasteiger partial charge in [-0.25, -0.2) is 4.79 Å². The molecule has 0 spiro atoms. The van der Waals surface area contributed by atoms with E-state index < -0.39 is 30.0 Å². The number of rotatable bonds is 5. The normalized spacial score (nSPS) is 12.1. The lowest BCUT2D eigenvalue weighted by Crippen LogP contribution is -2.45. The van der Waals surface area contributed by atoms with Gasteiger partial charge in [-0.15, -0.1) is 0 Å². The van der Waals surface area contributed by atoms with Gasteiger partial charge in [0.1, 0.15) is 0 Å². The zero-order chi connectivity index (χ0) is 18.7. The molecule has 0 aliphatic carbocycles. The van der Waals surface area contributed by atoms with Crippen LogP contribution in [0.3, 0.4) is 0 Å². The third-order valence-electron chi connectivity index (χ3n) is 2.72. The van der Waals surface area contributed by atoms with E-state index in [2.05, 4.69) is 4.74 Å². The number of methoxy groups -OCH3 is 3. The van der Waals surface area contributed by atoms with E-state index in [0.29, 0.717) is 0 Å². The van der Waals surface area contributed by atoms with Gasteiger partial charge >= 0.3 is 18.3 Å². The molecule has 1 aromatic carbocycles. The lowest BCUT2D eigenvalue weighted by Gasteiger charge is -2.23. The first-order valence-electron chi connectivity index (χ1n) is 6.10. The van der Waals surface area contributed by atoms with Crippen molar-refractivity contribution in [2.45, 2.75) is 18.5 Å². The summed E-state index contributed by atoms with van der Waals surface area (Å²) in [6.07, 6.45) is -15.9. The number of hydrogen-bond acceptors (Lipinski definition) is 5. The lowest BCUT2D eigenvalue weighted by atomic mass is 10.1. The second-order valence-corrected chi connectivity index (χ2v) is 4.28. The van der Waals surface area contributed by atoms with Crippen LogP contribution in [0.4, 0.5) is 26.3 Å². The molecule has 0 amide bonds. The Labute approximate surface area is 132 Å². The van der Waals surface area contributed by atoms with Gasteiger partial charge in [0.25, 0.3) is 6.10 Å². The van der Waals surface area contributed by atoms with Gasteiger partial charge < -0.3 is 18.9 Å². The Morgan fingerprint density at radius 3 is 1.58 bits per heavy atom. The van der Waals surface area contributed by atoms with Crippen LogP contribution in [-0.2, 0) is 4.74 Å². The summed E-state index contributed by atoms with van der Waals surface area (Å²) in [5.74, 6) is -2.13. The number of ether oxygens (including phenoxy) is 4. The van der Waals surface area contributed by atoms with E-state index in [1.807, 2.05) is 0 Å². The summed E-state index contributed by atoms with van der Waals surface area (Å²) in [4.78, 5) is 11.7. The fourth-order valence-corrected chi connectivity index (χ4v) is 1.69. The monoisotopic (exact) mass is 362 g/mol. The Bertz CT molecular complexity index is 556. The number of hydrogen-bond donors (Lipinski definition) is 0. The van der Waals surface area contributed by atoms with Gasteiger partial charge in [-0.1, -0.05) is 0 Å². The van der Waals surface area contributed by atoms with Crippen molar-refractivity contribution in [2.75, 3.05) is 21.3 Å². The zero-order valence-electron chi connectivity index (χ0n) is 12.5. The van der Waals surface area contributed by atoms with Crippen LogP contribution >= 0.6 is 0 Å². The maximum atomic E-state index is 12.4. The third kappa shape index (κ3) is 4.36. The SMILES string of the molecule is COc1cc(C(=O)OC(C(F)(F)F)C(F)(F)F)cc(OC)c1OC. The average Bonchev–Trinajstić information content (AvgIpc) is 2.48. The number of benzene rings is 1. The van der Waals surface area contributed by atoms with E-state index in [1.54, 1.807) is 0 Å². The highest BCUT2D eigenvalue weighted by Gasteiger charge is 2.60. The number of esters is 1. The van der Waals surface area contributed by atoms with E-state index in [4.69, 9.17) is 14.2 Å². The first-order chi connectivity index (χ1) is 11.0. The highest BCUT2D eigenvalue weighted by atomic mass is 19.4. The van der Waals surface area contributed by atoms with Gasteiger partial charge in [-0.3, -0.25) is 0 Å². The van der Waals surface area contributed by atoms with Crippen molar-refractivity contribution in [1.29, 1.82) is 0 Å². The maximum absolute atomic E-state index is 12.4. The molecule has 0 saturated heterocycles. The minimum absolute atomic E-state index is 0.000238. The Balaban J connectivity index is 3.24. The minimum atomic E-state index is -5.81. The minimum Gasteiger partial charge on any atom is -0.493 e. The van der Waals surface area contributed by atoms with Crippen molar-refractivity contribution < 1.29 is 50.1 Å². The molecule has 0 aliphatic heterocycles. The van der Waals surface area contributed by atoms with Gasteiger partial charge in [0.15, 0.2) is 11.5 Å². The molecule has 1 aromatic rings. The fraction of sp³-hybridized carbons (Fsp3) is 0.462. The maximum Gasteiger partial charge on any atom is 0.434 e. The van der Waals surface area contributed by atoms with Gasteiger partial charge in [0.2, 0.25) is 5.75 Å². The van der Waals surface area contributed by atoms with E-state index in [9.17, 15) is 31.1 Å². The molecule has 24 heavy (non-hydrogen) atoms. The summed E-state index contributed by atoms with van der Waals surface area (Å²) in [5, 5.41) is 0. The lowest BCUT2D eigenvalue weighted by molar-refractivity contribution is -0.307. The summed E-state index contributed by atoms with van der Waals surface area (Å²) in [7, 11) is 3.53. The fourth-order valence-electron chi connectivity index (χ4n) is 1.69. The van der Waals surface area contributed by atoms with Crippen molar-refractivity contribution in [1.82, 2.24) is 0 Å². The van der Waals surface area contributed by atoms with Crippen LogP contribution < -0.4 is 14.2 Å². The molecule has 0 aromatic heterocycles. The molecule has 0 N–H and O–H groups in total. The molecule has 11 heteroatoms. The van der Waals surface area contributed by atoms with Crippen molar-refractivity contribution in [3.8, 4) is 17.2 Å². The molecule has 0 aliphatic rings. The van der Waals surface area contributed by atoms with Gasteiger partial charge in [0.05, 0.1) is 26.9 Å². The molecule has 0 fully saturated rings. The summed E-state index contributed by atoms with van der Waals surface area (Å²) in [6, 6.07) is 1.74. The number of carbonyl (C=O) groups is 1. The van der Waals surface area contributed by atoms with Crippen LogP contribution in [0.1, 0.15) is 10.4 Å². The van der Waals surface area contributed by atoms with Gasteiger partial charge in [-0.05, 0) is 12.1 Å². The van der Waals surface area contributed by atoms with Crippen LogP contribution in [0.25, 0.3) is 0 Å². The van der Waals surface area contributed by atoms with Crippen LogP contribution in [-0.4, -0.2) is 45.8 Å². The summed E-state index contributed by atoms with van der Waals surface area (Å²) in [5.41, 5.74) is -0.636. The topological polar surface area (TPSA) is 54.0 Å². The summed E-state index contributed by atoms with van der Waals surface area (Å²) < 4.78 is 92.8. The molecule has 0 unspecified atom stereocenters. The molecule has 0 saturated carbocycles. The smallest absolute Gasteiger partial charge is 0.434 e.